The van der Waals surface area contributed by atoms with Crippen LogP contribution in [0.5, 0.6) is 0 Å². The third-order valence-corrected chi connectivity index (χ3v) is 6.10. The fourth-order valence-corrected chi connectivity index (χ4v) is 4.38. The Morgan fingerprint density at radius 3 is 2.17 bits per heavy atom. The minimum atomic E-state index is -1.26. The van der Waals surface area contributed by atoms with Gasteiger partial charge in [0.1, 0.15) is 0 Å². The molecule has 4 heterocycles. The van der Waals surface area contributed by atoms with E-state index in [4.69, 9.17) is 10.2 Å². The highest BCUT2D eigenvalue weighted by molar-refractivity contribution is 7.13. The Balaban J connectivity index is 0.000000258. The van der Waals surface area contributed by atoms with E-state index in [0.717, 1.165) is 24.6 Å². The number of aliphatic carboxylic acids is 2. The number of aromatic nitrogens is 2. The highest BCUT2D eigenvalue weighted by Gasteiger charge is 2.35. The number of carboxylic acid groups (broad SMARTS) is 2. The van der Waals surface area contributed by atoms with E-state index in [1.165, 1.54) is 24.1 Å². The standard InChI is InChI=1S/C16H20N4S.C4H4O4/c1-19-13-4-2-5-14(19)11-20(10-13)16-17-8-12(9-18-16)15-6-3-7-21-15;5-3(6)1-2-4(7)8/h3,6-9,13-14H,2,4-5,10-11H2,1H3;1-2H,(H,5,6)(H,7,8)/b;2-1+. The molecule has 8 nitrogen and oxygen atoms in total. The van der Waals surface area contributed by atoms with Crippen molar-refractivity contribution in [3.63, 3.8) is 0 Å². The van der Waals surface area contributed by atoms with Crippen LogP contribution >= 0.6 is 11.3 Å². The molecule has 0 spiro atoms. The van der Waals surface area contributed by atoms with Crippen molar-refractivity contribution in [2.75, 3.05) is 25.0 Å². The number of rotatable bonds is 4. The number of likely N-dealkylation sites (N-methyl/N-ethyl adjacent to an activating group) is 1. The largest absolute Gasteiger partial charge is 0.478 e. The van der Waals surface area contributed by atoms with E-state index < -0.39 is 11.9 Å². The lowest BCUT2D eigenvalue weighted by molar-refractivity contribution is -0.134. The maximum atomic E-state index is 9.55. The van der Waals surface area contributed by atoms with Crippen molar-refractivity contribution in [1.29, 1.82) is 0 Å². The number of carbonyl (C=O) groups is 2. The predicted octanol–water partition coefficient (Wildman–Crippen LogP) is 2.59. The van der Waals surface area contributed by atoms with Gasteiger partial charge in [-0.2, -0.15) is 0 Å². The zero-order chi connectivity index (χ0) is 20.8. The fourth-order valence-electron chi connectivity index (χ4n) is 3.68. The fraction of sp³-hybridized carbons (Fsp3) is 0.400. The van der Waals surface area contributed by atoms with Crippen molar-refractivity contribution in [2.24, 2.45) is 0 Å². The molecule has 4 rings (SSSR count). The molecule has 2 aromatic heterocycles. The lowest BCUT2D eigenvalue weighted by Gasteiger charge is -2.48. The lowest BCUT2D eigenvalue weighted by atomic mass is 9.92. The number of anilines is 1. The quantitative estimate of drug-likeness (QED) is 0.733. The smallest absolute Gasteiger partial charge is 0.328 e. The third kappa shape index (κ3) is 5.61. The molecule has 0 saturated carbocycles. The van der Waals surface area contributed by atoms with Gasteiger partial charge in [0.05, 0.1) is 0 Å². The molecule has 0 aromatic carbocycles. The minimum absolute atomic E-state index is 0.558. The van der Waals surface area contributed by atoms with Gasteiger partial charge in [0.2, 0.25) is 5.95 Å². The first-order chi connectivity index (χ1) is 13.9. The summed E-state index contributed by atoms with van der Waals surface area (Å²) in [5, 5.41) is 17.7. The normalized spacial score (nSPS) is 21.5. The molecule has 2 fully saturated rings. The number of fused-ring (bicyclic) bond motifs is 2. The van der Waals surface area contributed by atoms with Crippen molar-refractivity contribution in [3.05, 3.63) is 42.1 Å². The highest BCUT2D eigenvalue weighted by Crippen LogP contribution is 2.29. The van der Waals surface area contributed by atoms with Crippen LogP contribution in [0, 0.1) is 0 Å². The summed E-state index contributed by atoms with van der Waals surface area (Å²) in [5.74, 6) is -1.62. The number of nitrogens with zero attached hydrogens (tertiary/aromatic N) is 4. The molecule has 0 radical (unpaired) electrons. The van der Waals surface area contributed by atoms with E-state index in [0.29, 0.717) is 24.2 Å². The Morgan fingerprint density at radius 2 is 1.69 bits per heavy atom. The van der Waals surface area contributed by atoms with Crippen molar-refractivity contribution in [3.8, 4) is 10.4 Å². The van der Waals surface area contributed by atoms with E-state index in [2.05, 4.69) is 44.3 Å². The Labute approximate surface area is 173 Å². The van der Waals surface area contributed by atoms with Gasteiger partial charge >= 0.3 is 11.9 Å². The minimum Gasteiger partial charge on any atom is -0.478 e. The van der Waals surface area contributed by atoms with Crippen LogP contribution in [0.4, 0.5) is 5.95 Å². The van der Waals surface area contributed by atoms with Crippen LogP contribution < -0.4 is 4.90 Å². The number of hydrogen-bond acceptors (Lipinski definition) is 7. The van der Waals surface area contributed by atoms with Gasteiger partial charge in [-0.05, 0) is 31.3 Å². The highest BCUT2D eigenvalue weighted by atomic mass is 32.1. The van der Waals surface area contributed by atoms with Gasteiger partial charge in [0, 0.05) is 60.2 Å². The van der Waals surface area contributed by atoms with Gasteiger partial charge in [-0.25, -0.2) is 19.6 Å². The number of thiophene rings is 1. The molecule has 2 bridgehead atoms. The maximum Gasteiger partial charge on any atom is 0.328 e. The van der Waals surface area contributed by atoms with Crippen molar-refractivity contribution in [2.45, 2.75) is 31.3 Å². The summed E-state index contributed by atoms with van der Waals surface area (Å²) in [4.78, 5) is 34.5. The van der Waals surface area contributed by atoms with Crippen molar-refractivity contribution in [1.82, 2.24) is 14.9 Å². The first kappa shape index (κ1) is 20.9. The van der Waals surface area contributed by atoms with E-state index in [9.17, 15) is 9.59 Å². The Kier molecular flexibility index (Phi) is 6.95. The number of piperidine rings is 1. The number of carboxylic acids is 2. The Morgan fingerprint density at radius 1 is 1.10 bits per heavy atom. The maximum absolute atomic E-state index is 9.55. The first-order valence-electron chi connectivity index (χ1n) is 9.40. The molecule has 2 N–H and O–H groups in total. The summed E-state index contributed by atoms with van der Waals surface area (Å²) < 4.78 is 0. The molecule has 2 aliphatic heterocycles. The van der Waals surface area contributed by atoms with Crippen LogP contribution in [0.2, 0.25) is 0 Å². The van der Waals surface area contributed by atoms with E-state index in [1.807, 2.05) is 12.4 Å². The number of hydrogen-bond donors (Lipinski definition) is 2. The second-order valence-electron chi connectivity index (χ2n) is 7.07. The summed E-state index contributed by atoms with van der Waals surface area (Å²) in [5.41, 5.74) is 1.11. The van der Waals surface area contributed by atoms with E-state index >= 15 is 0 Å². The molecule has 0 amide bonds. The molecule has 2 aliphatic rings. The van der Waals surface area contributed by atoms with Crippen LogP contribution in [0.25, 0.3) is 10.4 Å². The number of piperazine rings is 1. The second kappa shape index (κ2) is 9.62. The van der Waals surface area contributed by atoms with Gasteiger partial charge in [0.15, 0.2) is 0 Å². The summed E-state index contributed by atoms with van der Waals surface area (Å²) >= 11 is 1.73. The molecule has 9 heteroatoms. The van der Waals surface area contributed by atoms with Crippen LogP contribution in [0.1, 0.15) is 19.3 Å². The zero-order valence-electron chi connectivity index (χ0n) is 16.1. The Bertz CT molecular complexity index is 824. The van der Waals surface area contributed by atoms with E-state index in [1.54, 1.807) is 11.3 Å². The molecule has 2 unspecified atom stereocenters. The SMILES string of the molecule is CN1C2CCCC1CN(c1ncc(-c3cccs3)cn1)C2.O=C(O)/C=C/C(=O)O. The van der Waals surface area contributed by atoms with Gasteiger partial charge in [0.25, 0.3) is 0 Å². The van der Waals surface area contributed by atoms with Gasteiger partial charge in [-0.3, -0.25) is 4.90 Å². The molecular formula is C20H24N4O4S. The summed E-state index contributed by atoms with van der Waals surface area (Å²) in [6.07, 6.45) is 9.01. The van der Waals surface area contributed by atoms with Gasteiger partial charge < -0.3 is 15.1 Å². The Hall–Kier alpha value is -2.78. The summed E-state index contributed by atoms with van der Waals surface area (Å²) in [7, 11) is 2.27. The first-order valence-corrected chi connectivity index (χ1v) is 10.3. The zero-order valence-corrected chi connectivity index (χ0v) is 17.0. The molecule has 0 aliphatic carbocycles. The second-order valence-corrected chi connectivity index (χ2v) is 8.02. The van der Waals surface area contributed by atoms with Crippen LogP contribution in [-0.4, -0.2) is 69.2 Å². The van der Waals surface area contributed by atoms with Crippen LogP contribution in [-0.2, 0) is 9.59 Å². The van der Waals surface area contributed by atoms with Crippen LogP contribution in [0.3, 0.4) is 0 Å². The monoisotopic (exact) mass is 416 g/mol. The van der Waals surface area contributed by atoms with E-state index in [-0.39, 0.29) is 0 Å². The van der Waals surface area contributed by atoms with Crippen molar-refractivity contribution >= 4 is 29.2 Å². The summed E-state index contributed by atoms with van der Waals surface area (Å²) in [6.45, 7) is 2.12. The third-order valence-electron chi connectivity index (χ3n) is 5.18. The van der Waals surface area contributed by atoms with Crippen molar-refractivity contribution < 1.29 is 19.8 Å². The van der Waals surface area contributed by atoms with Gasteiger partial charge in [-0.15, -0.1) is 11.3 Å². The average molecular weight is 417 g/mol. The van der Waals surface area contributed by atoms with Gasteiger partial charge in [-0.1, -0.05) is 12.5 Å². The molecule has 154 valence electrons. The lowest BCUT2D eigenvalue weighted by Crippen LogP contribution is -2.59. The average Bonchev–Trinajstić information content (AvgIpc) is 3.22. The topological polar surface area (TPSA) is 107 Å². The predicted molar refractivity (Wildman–Crippen MR) is 111 cm³/mol. The molecule has 2 saturated heterocycles. The summed E-state index contributed by atoms with van der Waals surface area (Å²) in [6, 6.07) is 5.51. The molecular weight excluding hydrogens is 392 g/mol. The van der Waals surface area contributed by atoms with Crippen LogP contribution in [0.15, 0.2) is 42.1 Å². The molecule has 2 atom stereocenters. The molecule has 29 heavy (non-hydrogen) atoms. The molecule has 2 aromatic rings.